The Kier molecular flexibility index (Phi) is 4.74. The first-order chi connectivity index (χ1) is 9.65. The Morgan fingerprint density at radius 1 is 1.25 bits per heavy atom. The first-order valence-corrected chi connectivity index (χ1v) is 6.97. The van der Waals surface area contributed by atoms with Crippen LogP contribution in [0.5, 0.6) is 0 Å². The van der Waals surface area contributed by atoms with Gasteiger partial charge in [-0.15, -0.1) is 0 Å². The number of rotatable bonds is 5. The lowest BCUT2D eigenvalue weighted by atomic mass is 10.2. The Morgan fingerprint density at radius 2 is 1.95 bits per heavy atom. The molecule has 0 fully saturated rings. The van der Waals surface area contributed by atoms with Crippen molar-refractivity contribution in [3.05, 3.63) is 29.5 Å². The van der Waals surface area contributed by atoms with Crippen LogP contribution in [0.3, 0.4) is 0 Å². The van der Waals surface area contributed by atoms with Crippen LogP contribution in [0.1, 0.15) is 13.8 Å². The van der Waals surface area contributed by atoms with Gasteiger partial charge in [0.25, 0.3) is 0 Å². The summed E-state index contributed by atoms with van der Waals surface area (Å²) in [5.74, 6) is 0.620. The zero-order chi connectivity index (χ0) is 14.5. The van der Waals surface area contributed by atoms with Gasteiger partial charge >= 0.3 is 0 Å². The van der Waals surface area contributed by atoms with Gasteiger partial charge in [-0.05, 0) is 37.6 Å². The van der Waals surface area contributed by atoms with Crippen molar-refractivity contribution in [2.45, 2.75) is 13.8 Å². The largest absolute Gasteiger partial charge is 0.360 e. The van der Waals surface area contributed by atoms with E-state index in [0.717, 1.165) is 10.9 Å². The maximum atomic E-state index is 12.0. The lowest BCUT2D eigenvalue weighted by Crippen LogP contribution is -2.35. The van der Waals surface area contributed by atoms with Crippen LogP contribution in [0.15, 0.2) is 24.3 Å². The molecule has 5 nitrogen and oxygen atoms in total. The summed E-state index contributed by atoms with van der Waals surface area (Å²) in [4.78, 5) is 22.1. The van der Waals surface area contributed by atoms with E-state index in [1.165, 1.54) is 0 Å². The van der Waals surface area contributed by atoms with E-state index >= 15 is 0 Å². The number of hydrogen-bond donors (Lipinski definition) is 1. The molecular formula is C14H17ClN4O. The third-order valence-corrected chi connectivity index (χ3v) is 3.27. The van der Waals surface area contributed by atoms with E-state index in [2.05, 4.69) is 15.3 Å². The summed E-state index contributed by atoms with van der Waals surface area (Å²) in [7, 11) is 0. The van der Waals surface area contributed by atoms with Crippen LogP contribution >= 0.6 is 11.6 Å². The molecule has 6 heteroatoms. The number of aromatic nitrogens is 2. The summed E-state index contributed by atoms with van der Waals surface area (Å²) in [5.41, 5.74) is 0.755. The molecule has 0 spiro atoms. The molecule has 0 radical (unpaired) electrons. The number of para-hydroxylation sites is 1. The number of hydrogen-bond acceptors (Lipinski definition) is 4. The number of halogens is 1. The van der Waals surface area contributed by atoms with Crippen molar-refractivity contribution in [1.29, 1.82) is 0 Å². The number of amides is 1. The normalized spacial score (nSPS) is 10.6. The van der Waals surface area contributed by atoms with Gasteiger partial charge in [0.1, 0.15) is 5.82 Å². The molecule has 1 N–H and O–H groups in total. The lowest BCUT2D eigenvalue weighted by molar-refractivity contribution is -0.128. The Balaban J connectivity index is 2.19. The summed E-state index contributed by atoms with van der Waals surface area (Å²) < 4.78 is 0. The van der Waals surface area contributed by atoms with E-state index in [0.29, 0.717) is 18.9 Å². The van der Waals surface area contributed by atoms with E-state index < -0.39 is 0 Å². The monoisotopic (exact) mass is 292 g/mol. The van der Waals surface area contributed by atoms with Crippen molar-refractivity contribution in [1.82, 2.24) is 14.9 Å². The van der Waals surface area contributed by atoms with Crippen LogP contribution < -0.4 is 5.32 Å². The molecule has 0 saturated heterocycles. The highest BCUT2D eigenvalue weighted by Crippen LogP contribution is 2.21. The molecule has 1 aromatic heterocycles. The summed E-state index contributed by atoms with van der Waals surface area (Å²) in [6, 6.07) is 7.55. The summed E-state index contributed by atoms with van der Waals surface area (Å²) in [5, 5.41) is 4.07. The van der Waals surface area contributed by atoms with Gasteiger partial charge < -0.3 is 10.2 Å². The number of fused-ring (bicyclic) bond motifs is 1. The minimum Gasteiger partial charge on any atom is -0.360 e. The van der Waals surface area contributed by atoms with Crippen LogP contribution in [0.2, 0.25) is 5.28 Å². The number of carbonyl (C=O) groups excluding carboxylic acids is 1. The van der Waals surface area contributed by atoms with Gasteiger partial charge in [0, 0.05) is 18.5 Å². The smallest absolute Gasteiger partial charge is 0.241 e. The molecule has 106 valence electrons. The molecule has 0 aliphatic carbocycles. The fourth-order valence-electron chi connectivity index (χ4n) is 2.03. The maximum absolute atomic E-state index is 12.0. The van der Waals surface area contributed by atoms with Crippen LogP contribution in [-0.2, 0) is 4.79 Å². The molecule has 0 unspecified atom stereocenters. The number of likely N-dealkylation sites (N-methyl/N-ethyl adjacent to an activating group) is 1. The van der Waals surface area contributed by atoms with Crippen molar-refractivity contribution in [3.8, 4) is 0 Å². The highest BCUT2D eigenvalue weighted by atomic mass is 35.5. The fraction of sp³-hybridized carbons (Fsp3) is 0.357. The Bertz CT molecular complexity index is 613. The van der Waals surface area contributed by atoms with Gasteiger partial charge in [-0.25, -0.2) is 9.97 Å². The predicted octanol–water partition coefficient (Wildman–Crippen LogP) is 2.56. The number of carbonyl (C=O) groups is 1. The van der Waals surface area contributed by atoms with Gasteiger partial charge in [-0.2, -0.15) is 0 Å². The van der Waals surface area contributed by atoms with Gasteiger partial charge in [-0.3, -0.25) is 4.79 Å². The molecule has 1 aromatic carbocycles. The Morgan fingerprint density at radius 3 is 2.65 bits per heavy atom. The quantitative estimate of drug-likeness (QED) is 0.861. The number of nitrogens with zero attached hydrogens (tertiary/aromatic N) is 3. The molecule has 1 heterocycles. The maximum Gasteiger partial charge on any atom is 0.241 e. The lowest BCUT2D eigenvalue weighted by Gasteiger charge is -2.19. The molecule has 0 bridgehead atoms. The van der Waals surface area contributed by atoms with Gasteiger partial charge in [0.2, 0.25) is 11.2 Å². The third-order valence-electron chi connectivity index (χ3n) is 3.10. The summed E-state index contributed by atoms with van der Waals surface area (Å²) in [6.07, 6.45) is 0. The average molecular weight is 293 g/mol. The average Bonchev–Trinajstić information content (AvgIpc) is 2.45. The van der Waals surface area contributed by atoms with Gasteiger partial charge in [0.15, 0.2) is 0 Å². The van der Waals surface area contributed by atoms with Gasteiger partial charge in [-0.1, -0.05) is 12.1 Å². The molecule has 0 atom stereocenters. The van der Waals surface area contributed by atoms with Gasteiger partial charge in [0.05, 0.1) is 12.1 Å². The van der Waals surface area contributed by atoms with Crippen LogP contribution in [-0.4, -0.2) is 40.4 Å². The van der Waals surface area contributed by atoms with Crippen LogP contribution in [0, 0.1) is 0 Å². The Labute approximate surface area is 123 Å². The molecule has 0 aliphatic rings. The molecule has 2 rings (SSSR count). The molecule has 0 saturated carbocycles. The minimum atomic E-state index is 0.0359. The summed E-state index contributed by atoms with van der Waals surface area (Å²) in [6.45, 7) is 5.50. The first-order valence-electron chi connectivity index (χ1n) is 6.59. The SMILES string of the molecule is CCN(CC)C(=O)CNc1nc(Cl)nc2ccccc12. The highest BCUT2D eigenvalue weighted by molar-refractivity contribution is 6.28. The summed E-state index contributed by atoms with van der Waals surface area (Å²) >= 11 is 5.90. The first kappa shape index (κ1) is 14.5. The Hall–Kier alpha value is -1.88. The van der Waals surface area contributed by atoms with E-state index in [9.17, 15) is 4.79 Å². The molecule has 20 heavy (non-hydrogen) atoms. The predicted molar refractivity (Wildman–Crippen MR) is 81.0 cm³/mol. The van der Waals surface area contributed by atoms with Crippen molar-refractivity contribution in [2.75, 3.05) is 25.0 Å². The topological polar surface area (TPSA) is 58.1 Å². The number of benzene rings is 1. The second kappa shape index (κ2) is 6.52. The number of anilines is 1. The molecule has 1 amide bonds. The highest BCUT2D eigenvalue weighted by Gasteiger charge is 2.11. The second-order valence-corrected chi connectivity index (χ2v) is 4.62. The third kappa shape index (κ3) is 3.17. The molecular weight excluding hydrogens is 276 g/mol. The van der Waals surface area contributed by atoms with Crippen LogP contribution in [0.4, 0.5) is 5.82 Å². The fourth-order valence-corrected chi connectivity index (χ4v) is 2.21. The van der Waals surface area contributed by atoms with Crippen molar-refractivity contribution >= 4 is 34.2 Å². The molecule has 0 aliphatic heterocycles. The standard InChI is InChI=1S/C14H17ClN4O/c1-3-19(4-2)12(20)9-16-13-10-7-5-6-8-11(10)17-14(15)18-13/h5-8H,3-4,9H2,1-2H3,(H,16,17,18). The van der Waals surface area contributed by atoms with E-state index in [1.54, 1.807) is 4.90 Å². The molecule has 2 aromatic rings. The zero-order valence-electron chi connectivity index (χ0n) is 11.6. The van der Waals surface area contributed by atoms with Crippen molar-refractivity contribution in [3.63, 3.8) is 0 Å². The van der Waals surface area contributed by atoms with Crippen molar-refractivity contribution in [2.24, 2.45) is 0 Å². The van der Waals surface area contributed by atoms with E-state index in [1.807, 2.05) is 38.1 Å². The minimum absolute atomic E-state index is 0.0359. The van der Waals surface area contributed by atoms with Crippen LogP contribution in [0.25, 0.3) is 10.9 Å². The second-order valence-electron chi connectivity index (χ2n) is 4.28. The van der Waals surface area contributed by atoms with E-state index in [-0.39, 0.29) is 17.7 Å². The van der Waals surface area contributed by atoms with E-state index in [4.69, 9.17) is 11.6 Å². The van der Waals surface area contributed by atoms with Crippen molar-refractivity contribution < 1.29 is 4.79 Å². The number of nitrogens with one attached hydrogen (secondary N) is 1. The zero-order valence-corrected chi connectivity index (χ0v) is 12.3.